The topological polar surface area (TPSA) is 141 Å². The molecular formula is C29H24FN5O6S. The fraction of sp³-hybridized carbons (Fsp3) is 0.207. The lowest BCUT2D eigenvalue weighted by atomic mass is 10.1. The Kier molecular flexibility index (Phi) is 6.94. The van der Waals surface area contributed by atoms with Crippen LogP contribution in [-0.4, -0.2) is 45.3 Å². The molecule has 0 aliphatic carbocycles. The lowest BCUT2D eigenvalue weighted by Crippen LogP contribution is -2.32. The number of fused-ring (bicyclic) bond motifs is 3. The number of ether oxygens (including phenoxy) is 3. The molecule has 11 nitrogen and oxygen atoms in total. The van der Waals surface area contributed by atoms with E-state index in [1.165, 1.54) is 30.6 Å². The third kappa shape index (κ3) is 5.33. The minimum Gasteiger partial charge on any atom is -0.484 e. The fourth-order valence-corrected chi connectivity index (χ4v) is 5.37. The predicted molar refractivity (Wildman–Crippen MR) is 156 cm³/mol. The number of H-pyrrole nitrogens is 1. The van der Waals surface area contributed by atoms with Crippen molar-refractivity contribution < 1.29 is 27.8 Å². The molecular weight excluding hydrogens is 565 g/mol. The number of methoxy groups -OCH3 is 1. The zero-order chi connectivity index (χ0) is 29.5. The number of carbonyl (C=O) groups excluding carboxylic acids is 1. The minimum absolute atomic E-state index is 0.00706. The number of nitrogens with zero attached hydrogens (tertiary/aromatic N) is 3. The van der Waals surface area contributed by atoms with E-state index in [-0.39, 0.29) is 5.75 Å². The Morgan fingerprint density at radius 2 is 1.93 bits per heavy atom. The van der Waals surface area contributed by atoms with Crippen LogP contribution in [0.5, 0.6) is 11.6 Å². The van der Waals surface area contributed by atoms with Crippen molar-refractivity contribution in [2.24, 2.45) is 0 Å². The van der Waals surface area contributed by atoms with Gasteiger partial charge in [0.05, 0.1) is 40.1 Å². The SMILES string of the molecule is COc1cnc2c(-c3nc4cc(F)c(O[C@@H](C)[C@@H](C)OC(=O)Nc5ccc6[nH]c(=O)oc6c5)cc4s3)cc(C)cc2n1. The normalized spacial score (nSPS) is 12.9. The van der Waals surface area contributed by atoms with Crippen molar-refractivity contribution in [3.8, 4) is 22.2 Å². The second-order valence-electron chi connectivity index (χ2n) is 9.65. The molecule has 0 unspecified atom stereocenters. The number of rotatable bonds is 7. The van der Waals surface area contributed by atoms with Crippen LogP contribution in [0.15, 0.2) is 57.9 Å². The molecule has 0 fully saturated rings. The number of amides is 1. The quantitative estimate of drug-likeness (QED) is 0.223. The molecule has 2 N–H and O–H groups in total. The van der Waals surface area contributed by atoms with Crippen molar-refractivity contribution >= 4 is 55.5 Å². The number of aromatic amines is 1. The number of oxazole rings is 1. The second-order valence-corrected chi connectivity index (χ2v) is 10.7. The third-order valence-corrected chi connectivity index (χ3v) is 7.64. The maximum Gasteiger partial charge on any atom is 0.417 e. The van der Waals surface area contributed by atoms with E-state index in [4.69, 9.17) is 18.6 Å². The summed E-state index contributed by atoms with van der Waals surface area (Å²) in [6.07, 6.45) is -0.624. The molecule has 3 aromatic heterocycles. The number of hydrogen-bond acceptors (Lipinski definition) is 10. The Morgan fingerprint density at radius 3 is 2.74 bits per heavy atom. The van der Waals surface area contributed by atoms with Gasteiger partial charge in [0.2, 0.25) is 5.88 Å². The van der Waals surface area contributed by atoms with Crippen LogP contribution in [0, 0.1) is 12.7 Å². The summed E-state index contributed by atoms with van der Waals surface area (Å²) < 4.78 is 37.3. The van der Waals surface area contributed by atoms with Gasteiger partial charge in [-0.05, 0) is 50.6 Å². The predicted octanol–water partition coefficient (Wildman–Crippen LogP) is 6.20. The number of hydrogen-bond donors (Lipinski definition) is 2. The monoisotopic (exact) mass is 589 g/mol. The van der Waals surface area contributed by atoms with Gasteiger partial charge in [-0.25, -0.2) is 28.9 Å². The van der Waals surface area contributed by atoms with Gasteiger partial charge in [-0.15, -0.1) is 11.3 Å². The molecule has 3 aromatic carbocycles. The van der Waals surface area contributed by atoms with Crippen molar-refractivity contribution in [1.82, 2.24) is 19.9 Å². The molecule has 13 heteroatoms. The van der Waals surface area contributed by atoms with Crippen LogP contribution < -0.4 is 20.5 Å². The maximum absolute atomic E-state index is 15.1. The molecule has 0 bridgehead atoms. The Hall–Kier alpha value is -5.04. The lowest BCUT2D eigenvalue weighted by Gasteiger charge is -2.22. The first-order valence-electron chi connectivity index (χ1n) is 12.9. The first kappa shape index (κ1) is 27.1. The van der Waals surface area contributed by atoms with Gasteiger partial charge in [-0.2, -0.15) is 0 Å². The second kappa shape index (κ2) is 10.7. The molecule has 3 heterocycles. The molecule has 42 heavy (non-hydrogen) atoms. The summed E-state index contributed by atoms with van der Waals surface area (Å²) >= 11 is 1.37. The van der Waals surface area contributed by atoms with Crippen LogP contribution in [0.25, 0.3) is 42.9 Å². The van der Waals surface area contributed by atoms with E-state index < -0.39 is 29.9 Å². The summed E-state index contributed by atoms with van der Waals surface area (Å²) in [5.74, 6) is -0.774. The van der Waals surface area contributed by atoms with Crippen LogP contribution in [-0.2, 0) is 4.74 Å². The van der Waals surface area contributed by atoms with Crippen LogP contribution >= 0.6 is 11.3 Å². The van der Waals surface area contributed by atoms with E-state index in [1.807, 2.05) is 19.1 Å². The molecule has 6 aromatic rings. The van der Waals surface area contributed by atoms with E-state index in [1.54, 1.807) is 38.2 Å². The summed E-state index contributed by atoms with van der Waals surface area (Å²) in [5, 5.41) is 3.24. The Balaban J connectivity index is 1.18. The maximum atomic E-state index is 15.1. The van der Waals surface area contributed by atoms with Crippen LogP contribution in [0.2, 0.25) is 0 Å². The minimum atomic E-state index is -0.746. The van der Waals surface area contributed by atoms with E-state index >= 15 is 4.39 Å². The number of benzene rings is 3. The van der Waals surface area contributed by atoms with Gasteiger partial charge in [0.15, 0.2) is 17.1 Å². The highest BCUT2D eigenvalue weighted by Gasteiger charge is 2.22. The summed E-state index contributed by atoms with van der Waals surface area (Å²) in [4.78, 5) is 40.0. The van der Waals surface area contributed by atoms with Crippen molar-refractivity contribution in [3.05, 3.63) is 70.6 Å². The first-order chi connectivity index (χ1) is 20.2. The van der Waals surface area contributed by atoms with Crippen LogP contribution in [0.3, 0.4) is 0 Å². The van der Waals surface area contributed by atoms with Crippen molar-refractivity contribution in [1.29, 1.82) is 0 Å². The van der Waals surface area contributed by atoms with Crippen molar-refractivity contribution in [3.63, 3.8) is 0 Å². The van der Waals surface area contributed by atoms with Gasteiger partial charge >= 0.3 is 11.8 Å². The molecule has 0 aliphatic heterocycles. The summed E-state index contributed by atoms with van der Waals surface area (Å²) in [6.45, 7) is 5.26. The van der Waals surface area contributed by atoms with Crippen molar-refractivity contribution in [2.45, 2.75) is 33.0 Å². The Bertz CT molecular complexity index is 2040. The van der Waals surface area contributed by atoms with Crippen molar-refractivity contribution in [2.75, 3.05) is 12.4 Å². The molecule has 0 saturated heterocycles. The zero-order valence-corrected chi connectivity index (χ0v) is 23.7. The molecule has 0 saturated carbocycles. The molecule has 0 radical (unpaired) electrons. The highest BCUT2D eigenvalue weighted by atomic mass is 32.1. The molecule has 0 spiro atoms. The van der Waals surface area contributed by atoms with E-state index in [0.717, 1.165) is 11.1 Å². The standard InChI is InChI=1S/C29H24FN5O6S/c1-13-7-17(26-21(8-13)33-25(38-4)12-31-26)27-34-20-10-18(30)22(11-24(20)42-27)39-14(2)15(3)40-28(36)32-16-5-6-19-23(9-16)41-29(37)35-19/h5-12,14-15H,1-4H3,(H,32,36)(H,35,37)/t14-,15+/m0/s1. The number of halogens is 1. The van der Waals surface area contributed by atoms with E-state index in [9.17, 15) is 9.59 Å². The highest BCUT2D eigenvalue weighted by Crippen LogP contribution is 2.37. The fourth-order valence-electron chi connectivity index (χ4n) is 4.38. The number of carbonyl (C=O) groups is 1. The van der Waals surface area contributed by atoms with Gasteiger partial charge in [0.25, 0.3) is 0 Å². The molecule has 2 atom stereocenters. The molecule has 214 valence electrons. The Labute approximate surface area is 241 Å². The van der Waals surface area contributed by atoms with Gasteiger partial charge in [-0.3, -0.25) is 10.3 Å². The summed E-state index contributed by atoms with van der Waals surface area (Å²) in [6, 6.07) is 11.5. The largest absolute Gasteiger partial charge is 0.484 e. The Morgan fingerprint density at radius 1 is 1.10 bits per heavy atom. The molecule has 1 amide bonds. The summed E-state index contributed by atoms with van der Waals surface area (Å²) in [5.41, 5.74) is 4.73. The van der Waals surface area contributed by atoms with Gasteiger partial charge < -0.3 is 18.6 Å². The lowest BCUT2D eigenvalue weighted by molar-refractivity contribution is 0.0402. The van der Waals surface area contributed by atoms with Crippen LogP contribution in [0.4, 0.5) is 14.9 Å². The highest BCUT2D eigenvalue weighted by molar-refractivity contribution is 7.21. The van der Waals surface area contributed by atoms with Gasteiger partial charge in [0.1, 0.15) is 17.2 Å². The first-order valence-corrected chi connectivity index (χ1v) is 13.7. The molecule has 0 aliphatic rings. The number of aryl methyl sites for hydroxylation is 1. The molecule has 6 rings (SSSR count). The average molecular weight is 590 g/mol. The third-order valence-electron chi connectivity index (χ3n) is 6.58. The number of anilines is 1. The number of nitrogens with one attached hydrogen (secondary N) is 2. The smallest absolute Gasteiger partial charge is 0.417 e. The number of aromatic nitrogens is 4. The average Bonchev–Trinajstić information content (AvgIpc) is 3.53. The number of thiazole rings is 1. The zero-order valence-electron chi connectivity index (χ0n) is 22.9. The van der Waals surface area contributed by atoms with Crippen LogP contribution in [0.1, 0.15) is 19.4 Å². The van der Waals surface area contributed by atoms with Gasteiger partial charge in [0, 0.05) is 29.4 Å². The van der Waals surface area contributed by atoms with E-state index in [2.05, 4.69) is 25.3 Å². The van der Waals surface area contributed by atoms with Gasteiger partial charge in [-0.1, -0.05) is 0 Å². The summed E-state index contributed by atoms with van der Waals surface area (Å²) in [7, 11) is 1.53. The van der Waals surface area contributed by atoms with E-state index in [0.29, 0.717) is 48.9 Å².